The second-order valence-electron chi connectivity index (χ2n) is 10.4. The minimum Gasteiger partial charge on any atom is -0.480 e. The molecule has 0 aliphatic heterocycles. The second kappa shape index (κ2) is 18.5. The fourth-order valence-corrected chi connectivity index (χ4v) is 4.43. The van der Waals surface area contributed by atoms with E-state index in [0.29, 0.717) is 0 Å². The Morgan fingerprint density at radius 1 is 0.826 bits per heavy atom. The molecule has 0 saturated carbocycles. The molecule has 12 nitrogen and oxygen atoms in total. The number of carbonyl (C=O) groups is 6. The molecule has 0 fully saturated rings. The molecule has 46 heavy (non-hydrogen) atoms. The molecule has 0 spiro atoms. The fourth-order valence-electron chi connectivity index (χ4n) is 4.14. The van der Waals surface area contributed by atoms with E-state index in [2.05, 4.69) is 16.0 Å². The Morgan fingerprint density at radius 3 is 1.91 bits per heavy atom. The highest BCUT2D eigenvalue weighted by Gasteiger charge is 2.29. The molecule has 3 atom stereocenters. The molecular weight excluding hydrogens is 618 g/mol. The molecule has 0 aliphatic rings. The van der Waals surface area contributed by atoms with Crippen LogP contribution < -0.4 is 16.0 Å². The number of aliphatic carboxylic acids is 2. The van der Waals surface area contributed by atoms with Crippen LogP contribution >= 0.6 is 11.6 Å². The third kappa shape index (κ3) is 12.0. The molecule has 0 aliphatic carbocycles. The van der Waals surface area contributed by atoms with E-state index in [9.17, 15) is 33.9 Å². The van der Waals surface area contributed by atoms with Gasteiger partial charge in [-0.15, -0.1) is 0 Å². The van der Waals surface area contributed by atoms with Gasteiger partial charge in [0.2, 0.25) is 11.8 Å². The van der Waals surface area contributed by atoms with Gasteiger partial charge < -0.3 is 35.7 Å². The number of rotatable bonds is 13. The Kier molecular flexibility index (Phi) is 14.9. The van der Waals surface area contributed by atoms with E-state index in [4.69, 9.17) is 21.4 Å². The second-order valence-corrected chi connectivity index (χ2v) is 10.8. The first kappa shape index (κ1) is 37.0. The molecule has 0 heterocycles. The highest BCUT2D eigenvalue weighted by atomic mass is 35.5. The minimum absolute atomic E-state index is 0.0743. The van der Waals surface area contributed by atoms with Gasteiger partial charge >= 0.3 is 18.0 Å². The zero-order valence-corrected chi connectivity index (χ0v) is 26.2. The predicted molar refractivity (Wildman–Crippen MR) is 170 cm³/mol. The third-order valence-corrected chi connectivity index (χ3v) is 6.74. The fraction of sp³-hybridized carbons (Fsp3) is 0.273. The summed E-state index contributed by atoms with van der Waals surface area (Å²) in [4.78, 5) is 69.0. The van der Waals surface area contributed by atoms with Crippen molar-refractivity contribution >= 4 is 53.4 Å². The van der Waals surface area contributed by atoms with Crippen LogP contribution in [0.25, 0.3) is 0 Å². The zero-order chi connectivity index (χ0) is 34.2. The van der Waals surface area contributed by atoms with Crippen molar-refractivity contribution < 1.29 is 43.7 Å². The molecule has 13 heteroatoms. The molecule has 5 N–H and O–H groups in total. The van der Waals surface area contributed by atoms with Crippen LogP contribution in [-0.2, 0) is 41.7 Å². The molecule has 0 radical (unpaired) electrons. The van der Waals surface area contributed by atoms with E-state index in [0.717, 1.165) is 11.1 Å². The number of hydrogen-bond donors (Lipinski definition) is 5. The maximum Gasteiger partial charge on any atom is 0.408 e. The van der Waals surface area contributed by atoms with Crippen LogP contribution in [0.2, 0.25) is 5.02 Å². The topological polar surface area (TPSA) is 188 Å². The van der Waals surface area contributed by atoms with Crippen molar-refractivity contribution in [3.8, 4) is 0 Å². The lowest BCUT2D eigenvalue weighted by Crippen LogP contribution is -2.54. The normalized spacial score (nSPS) is 12.3. The highest BCUT2D eigenvalue weighted by molar-refractivity contribution is 6.32. The largest absolute Gasteiger partial charge is 0.480 e. The Morgan fingerprint density at radius 2 is 1.41 bits per heavy atom. The number of anilines is 1. The van der Waals surface area contributed by atoms with Gasteiger partial charge in [-0.3, -0.25) is 14.4 Å². The van der Waals surface area contributed by atoms with Crippen LogP contribution in [0.4, 0.5) is 10.5 Å². The van der Waals surface area contributed by atoms with Crippen molar-refractivity contribution in [2.75, 3.05) is 5.32 Å². The van der Waals surface area contributed by atoms with Gasteiger partial charge in [0.05, 0.1) is 0 Å². The molecule has 3 aromatic carbocycles. The Hall–Kier alpha value is -5.23. The average molecular weight is 654 g/mol. The molecule has 1 unspecified atom stereocenters. The standard InChI is InChI=1S/C22H26N2O5.C11H10ClNO4/c1-15(2)19(24-22(28)29-14-17-11-7-4-8-12-17)20(25)23-18(21(26)27)13-16-9-5-3-6-10-16;1-6(15)13-9-4-2-3-8(12)10(9)7(5-14)11(16)17/h3-12,15,18-19H,13-14H2,1-2H3,(H,23,25)(H,24,28)(H,26,27);2-5,7H,1H3,(H,13,15)(H,16,17)/t18-,19-;/m0./s1. The van der Waals surface area contributed by atoms with Gasteiger partial charge in [0, 0.05) is 29.6 Å². The van der Waals surface area contributed by atoms with Gasteiger partial charge in [-0.1, -0.05) is 92.2 Å². The first-order valence-electron chi connectivity index (χ1n) is 14.1. The van der Waals surface area contributed by atoms with Crippen LogP contribution in [0.3, 0.4) is 0 Å². The number of hydrogen-bond acceptors (Lipinski definition) is 7. The van der Waals surface area contributed by atoms with E-state index in [1.165, 1.54) is 19.1 Å². The maximum absolute atomic E-state index is 12.7. The SMILES string of the molecule is CC(=O)Nc1cccc(Cl)c1C(C=O)C(=O)O.CC(C)[C@H](NC(=O)OCc1ccccc1)C(=O)N[C@@H](Cc1ccccc1)C(=O)O. The van der Waals surface area contributed by atoms with Crippen LogP contribution in [0.5, 0.6) is 0 Å². The minimum atomic E-state index is -1.40. The molecule has 3 amide bonds. The van der Waals surface area contributed by atoms with E-state index in [1.807, 2.05) is 36.4 Å². The van der Waals surface area contributed by atoms with E-state index in [1.54, 1.807) is 44.2 Å². The zero-order valence-electron chi connectivity index (χ0n) is 25.4. The number of ether oxygens (including phenoxy) is 1. The van der Waals surface area contributed by atoms with Gasteiger partial charge in [0.25, 0.3) is 0 Å². The summed E-state index contributed by atoms with van der Waals surface area (Å²) in [5.74, 6) is -5.06. The van der Waals surface area contributed by atoms with E-state index >= 15 is 0 Å². The van der Waals surface area contributed by atoms with E-state index in [-0.39, 0.29) is 47.4 Å². The first-order chi connectivity index (χ1) is 21.8. The van der Waals surface area contributed by atoms with Gasteiger partial charge in [-0.2, -0.15) is 0 Å². The number of benzene rings is 3. The molecule has 0 bridgehead atoms. The van der Waals surface area contributed by atoms with Crippen molar-refractivity contribution in [1.29, 1.82) is 0 Å². The lowest BCUT2D eigenvalue weighted by Gasteiger charge is -2.24. The van der Waals surface area contributed by atoms with Gasteiger partial charge in [0.1, 0.15) is 30.9 Å². The van der Waals surface area contributed by atoms with Crippen LogP contribution in [0, 0.1) is 5.92 Å². The highest BCUT2D eigenvalue weighted by Crippen LogP contribution is 2.31. The smallest absolute Gasteiger partial charge is 0.408 e. The quantitative estimate of drug-likeness (QED) is 0.131. The molecule has 3 aromatic rings. The Labute approximate surface area is 271 Å². The summed E-state index contributed by atoms with van der Waals surface area (Å²) in [7, 11) is 0. The summed E-state index contributed by atoms with van der Waals surface area (Å²) in [6, 6.07) is 20.7. The number of amides is 3. The number of carboxylic acids is 2. The van der Waals surface area contributed by atoms with Crippen molar-refractivity contribution in [2.24, 2.45) is 5.92 Å². The summed E-state index contributed by atoms with van der Waals surface area (Å²) in [6.45, 7) is 4.87. The molecule has 0 saturated heterocycles. The van der Waals surface area contributed by atoms with Crippen LogP contribution in [0.15, 0.2) is 78.9 Å². The predicted octanol–water partition coefficient (Wildman–Crippen LogP) is 4.42. The Balaban J connectivity index is 0.000000368. The average Bonchev–Trinajstić information content (AvgIpc) is 3.01. The molecule has 0 aromatic heterocycles. The van der Waals surface area contributed by atoms with Crippen molar-refractivity contribution in [3.05, 3.63) is 101 Å². The number of carbonyl (C=O) groups excluding carboxylic acids is 4. The summed E-state index contributed by atoms with van der Waals surface area (Å²) in [5, 5.41) is 26.0. The molecule has 3 rings (SSSR count). The van der Waals surface area contributed by atoms with Crippen LogP contribution in [0.1, 0.15) is 43.4 Å². The summed E-state index contributed by atoms with van der Waals surface area (Å²) in [5.41, 5.74) is 1.93. The van der Waals surface area contributed by atoms with Gasteiger partial charge in [0.15, 0.2) is 0 Å². The Bertz CT molecular complexity index is 1500. The number of carboxylic acid groups (broad SMARTS) is 2. The number of alkyl carbamates (subject to hydrolysis) is 1. The summed E-state index contributed by atoms with van der Waals surface area (Å²) < 4.78 is 5.16. The van der Waals surface area contributed by atoms with Crippen molar-refractivity contribution in [2.45, 2.75) is 51.8 Å². The summed E-state index contributed by atoms with van der Waals surface area (Å²) in [6.07, 6.45) is -0.322. The number of nitrogens with one attached hydrogen (secondary N) is 3. The maximum atomic E-state index is 12.7. The monoisotopic (exact) mass is 653 g/mol. The van der Waals surface area contributed by atoms with Crippen molar-refractivity contribution in [1.82, 2.24) is 10.6 Å². The van der Waals surface area contributed by atoms with E-state index < -0.39 is 41.9 Å². The summed E-state index contributed by atoms with van der Waals surface area (Å²) >= 11 is 5.86. The first-order valence-corrected chi connectivity index (χ1v) is 14.5. The molecule has 244 valence electrons. The van der Waals surface area contributed by atoms with Crippen molar-refractivity contribution in [3.63, 3.8) is 0 Å². The van der Waals surface area contributed by atoms with Crippen LogP contribution in [-0.4, -0.2) is 58.4 Å². The van der Waals surface area contributed by atoms with Gasteiger partial charge in [-0.05, 0) is 29.2 Å². The lowest BCUT2D eigenvalue weighted by molar-refractivity contribution is -0.142. The number of aldehydes is 1. The lowest BCUT2D eigenvalue weighted by atomic mass is 9.98. The number of halogens is 1. The molecular formula is C33H36ClN3O9. The third-order valence-electron chi connectivity index (χ3n) is 6.41. The van der Waals surface area contributed by atoms with Gasteiger partial charge in [-0.25, -0.2) is 9.59 Å².